The van der Waals surface area contributed by atoms with Gasteiger partial charge in [0.1, 0.15) is 24.4 Å². The van der Waals surface area contributed by atoms with E-state index in [0.717, 1.165) is 88.2 Å². The molecule has 0 bridgehead atoms. The summed E-state index contributed by atoms with van der Waals surface area (Å²) in [6.45, 7) is 20.1. The van der Waals surface area contributed by atoms with Crippen molar-refractivity contribution in [3.05, 3.63) is 71.3 Å². The van der Waals surface area contributed by atoms with E-state index in [1.807, 2.05) is 58.0 Å². The van der Waals surface area contributed by atoms with E-state index in [9.17, 15) is 33.9 Å². The predicted molar refractivity (Wildman–Crippen MR) is 286 cm³/mol. The minimum absolute atomic E-state index is 0.0239. The van der Waals surface area contributed by atoms with Crippen molar-refractivity contribution in [1.29, 1.82) is 0 Å². The van der Waals surface area contributed by atoms with Crippen molar-refractivity contribution in [1.82, 2.24) is 21.3 Å². The third kappa shape index (κ3) is 12.9. The number of anilines is 1. The largest absolute Gasteiger partial charge is 0.508 e. The fraction of sp³-hybridized carbons (Fsp3) is 0.661. The summed E-state index contributed by atoms with van der Waals surface area (Å²) < 4.78 is 5.71. The Kier molecular flexibility index (Phi) is 19.2. The summed E-state index contributed by atoms with van der Waals surface area (Å²) in [7, 11) is 0. The normalized spacial score (nSPS) is 26.8. The molecule has 2 saturated carbocycles. The van der Waals surface area contributed by atoms with Gasteiger partial charge in [-0.3, -0.25) is 34.1 Å². The van der Waals surface area contributed by atoms with Crippen LogP contribution >= 0.6 is 0 Å². The van der Waals surface area contributed by atoms with Crippen LogP contribution in [0.3, 0.4) is 0 Å². The summed E-state index contributed by atoms with van der Waals surface area (Å²) in [4.78, 5) is 82.2. The number of aryl methyl sites for hydroxylation is 2. The van der Waals surface area contributed by atoms with Crippen LogP contribution in [0.4, 0.5) is 5.69 Å². The molecule has 0 spiro atoms. The van der Waals surface area contributed by atoms with Crippen LogP contribution in [0, 0.1) is 28.6 Å². The summed E-state index contributed by atoms with van der Waals surface area (Å²) in [5.74, 6) is -2.10. The molecule has 402 valence electrons. The average molecular weight is 1010 g/mol. The van der Waals surface area contributed by atoms with Crippen LogP contribution in [-0.4, -0.2) is 77.9 Å². The highest BCUT2D eigenvalue weighted by Gasteiger charge is 2.58. The van der Waals surface area contributed by atoms with Crippen LogP contribution < -0.4 is 32.3 Å². The molecule has 4 aliphatic carbocycles. The molecule has 2 aromatic rings. The summed E-state index contributed by atoms with van der Waals surface area (Å²) in [6.07, 6.45) is 16.5. The number of amides is 6. The molecular weight excluding hydrogens is 921 g/mol. The second-order valence-electron chi connectivity index (χ2n) is 23.4. The number of nitrogens with one attached hydrogen (secondary N) is 5. The van der Waals surface area contributed by atoms with E-state index in [1.165, 1.54) is 17.5 Å². The van der Waals surface area contributed by atoms with Crippen molar-refractivity contribution in [2.45, 2.75) is 206 Å². The lowest BCUT2D eigenvalue weighted by atomic mass is 9.49. The number of nitrogens with two attached hydrogens (primary N) is 1. The fourth-order valence-corrected chi connectivity index (χ4v) is 13.5. The Labute approximate surface area is 435 Å². The number of hydrogen-bond acceptors (Lipinski definition) is 9. The molecule has 2 aromatic carbocycles. The molecule has 0 radical (unpaired) electrons. The number of phenolic OH excluding ortho intramolecular Hbond substituents is 1. The van der Waals surface area contributed by atoms with E-state index in [0.29, 0.717) is 44.3 Å². The van der Waals surface area contributed by atoms with Gasteiger partial charge in [-0.05, 0) is 159 Å². The molecule has 1 unspecified atom stereocenters. The predicted octanol–water partition coefficient (Wildman–Crippen LogP) is 8.50. The highest BCUT2D eigenvalue weighted by molar-refractivity contribution is 6.01. The molecule has 73 heavy (non-hydrogen) atoms. The second kappa shape index (κ2) is 24.5. The Bertz CT molecular complexity index is 2340. The molecule has 4 aliphatic rings. The lowest BCUT2D eigenvalue weighted by Crippen LogP contribution is -2.60. The molecule has 14 nitrogen and oxygen atoms in total. The quantitative estimate of drug-likeness (QED) is 0.0322. The van der Waals surface area contributed by atoms with Gasteiger partial charge in [-0.1, -0.05) is 105 Å². The third-order valence-corrected chi connectivity index (χ3v) is 17.9. The first-order valence-corrected chi connectivity index (χ1v) is 27.6. The molecule has 0 aromatic heterocycles. The SMILES string of the molecule is C=CC(CCCCCC)OCC(=O)NCCCC[C@H](N)C(=O)N[C@H](C(=O)N[C@@H](C)C(=O)Nc1ccc2c(c1)[C@@]1(C)CCC[C@](C)(C(=O)NC(=O)[C@@]3(C)CCC[C@]4(C)c5cc(O)ccc5CC[C@@H]34)[C@@H]1CC2)C(C)C. The van der Waals surface area contributed by atoms with Gasteiger partial charge in [-0.15, -0.1) is 6.58 Å². The Hall–Kier alpha value is -5.08. The summed E-state index contributed by atoms with van der Waals surface area (Å²) in [6, 6.07) is 8.84. The molecule has 6 rings (SSSR count). The molecule has 0 saturated heterocycles. The number of phenols is 1. The van der Waals surface area contributed by atoms with Crippen molar-refractivity contribution in [3.8, 4) is 5.75 Å². The van der Waals surface area contributed by atoms with Gasteiger partial charge in [0.15, 0.2) is 0 Å². The first-order chi connectivity index (χ1) is 34.6. The van der Waals surface area contributed by atoms with E-state index in [-0.39, 0.29) is 59.4 Å². The Morgan fingerprint density at radius 1 is 0.753 bits per heavy atom. The van der Waals surface area contributed by atoms with Gasteiger partial charge >= 0.3 is 0 Å². The van der Waals surface area contributed by atoms with Crippen molar-refractivity contribution in [3.63, 3.8) is 0 Å². The molecule has 8 N–H and O–H groups in total. The van der Waals surface area contributed by atoms with Crippen molar-refractivity contribution >= 4 is 41.1 Å². The van der Waals surface area contributed by atoms with Crippen LogP contribution in [0.2, 0.25) is 0 Å². The lowest BCUT2D eigenvalue weighted by Gasteiger charge is -2.56. The van der Waals surface area contributed by atoms with Gasteiger partial charge in [-0.2, -0.15) is 0 Å². The first kappa shape index (κ1) is 57.2. The van der Waals surface area contributed by atoms with E-state index in [2.05, 4.69) is 53.9 Å². The molecule has 14 heteroatoms. The number of ether oxygens (including phenoxy) is 1. The minimum atomic E-state index is -0.939. The van der Waals surface area contributed by atoms with Crippen LogP contribution in [-0.2, 0) is 57.2 Å². The van der Waals surface area contributed by atoms with Crippen molar-refractivity contribution in [2.75, 3.05) is 18.5 Å². The highest BCUT2D eigenvalue weighted by Crippen LogP contribution is 2.60. The van der Waals surface area contributed by atoms with Crippen LogP contribution in [0.5, 0.6) is 5.75 Å². The zero-order chi connectivity index (χ0) is 53.3. The van der Waals surface area contributed by atoms with E-state index in [4.69, 9.17) is 10.5 Å². The number of aromatic hydroxyl groups is 1. The highest BCUT2D eigenvalue weighted by atomic mass is 16.5. The first-order valence-electron chi connectivity index (χ1n) is 27.6. The summed E-state index contributed by atoms with van der Waals surface area (Å²) >= 11 is 0. The molecule has 2 fully saturated rings. The Balaban J connectivity index is 1.00. The van der Waals surface area contributed by atoms with Gasteiger partial charge in [0.25, 0.3) is 0 Å². The Morgan fingerprint density at radius 3 is 1.93 bits per heavy atom. The van der Waals surface area contributed by atoms with Crippen molar-refractivity contribution in [2.24, 2.45) is 34.3 Å². The standard InChI is InChI=1S/C59H88N6O8/c1-10-12-13-14-19-43(11-2)73-36-49(67)61-33-16-15-20-46(60)52(69)64-50(37(3)4)53(70)62-38(5)51(68)63-41-25-21-39-23-27-47-56(6,44(39)34-41)29-17-31-58(47,8)54(71)65-55(72)59(9)32-18-30-57(7)45-35-42(66)26-22-40(45)24-28-48(57)59/h11,21-22,25-26,34-35,37-38,43,46-48,50,66H,2,10,12-20,23-24,27-33,36,60H2,1,3-9H3,(H,61,67)(H,62,70)(H,63,68)(H,64,69)(H,65,71,72)/t38-,43?,46-,47+,48+,50-,56+,57+,58-,59-/m0/s1. The van der Waals surface area contributed by atoms with Gasteiger partial charge < -0.3 is 36.8 Å². The van der Waals surface area contributed by atoms with E-state index >= 15 is 0 Å². The van der Waals surface area contributed by atoms with Gasteiger partial charge in [-0.25, -0.2) is 0 Å². The molecule has 0 heterocycles. The van der Waals surface area contributed by atoms with Crippen LogP contribution in [0.15, 0.2) is 49.1 Å². The second-order valence-corrected chi connectivity index (χ2v) is 23.4. The van der Waals surface area contributed by atoms with Gasteiger partial charge in [0.05, 0.1) is 23.0 Å². The number of carbonyl (C=O) groups is 6. The molecular formula is C59H88N6O8. The maximum Gasteiger partial charge on any atom is 0.246 e. The minimum Gasteiger partial charge on any atom is -0.508 e. The average Bonchev–Trinajstić information content (AvgIpc) is 3.35. The fourth-order valence-electron chi connectivity index (χ4n) is 13.5. The topological polar surface area (TPSA) is 218 Å². The molecule has 0 aliphatic heterocycles. The summed E-state index contributed by atoms with van der Waals surface area (Å²) in [5.41, 5.74) is 9.20. The number of fused-ring (bicyclic) bond motifs is 6. The number of benzene rings is 2. The Morgan fingerprint density at radius 2 is 1.34 bits per heavy atom. The monoisotopic (exact) mass is 1010 g/mol. The zero-order valence-electron chi connectivity index (χ0n) is 45.3. The number of carbonyl (C=O) groups excluding carboxylic acids is 6. The third-order valence-electron chi connectivity index (χ3n) is 17.9. The maximum absolute atomic E-state index is 14.7. The van der Waals surface area contributed by atoms with Gasteiger partial charge in [0, 0.05) is 12.2 Å². The van der Waals surface area contributed by atoms with Crippen molar-refractivity contribution < 1.29 is 38.6 Å². The zero-order valence-corrected chi connectivity index (χ0v) is 45.3. The molecule has 10 atom stereocenters. The number of hydrogen-bond donors (Lipinski definition) is 7. The van der Waals surface area contributed by atoms with Crippen LogP contribution in [0.1, 0.15) is 180 Å². The number of rotatable bonds is 23. The van der Waals surface area contributed by atoms with Gasteiger partial charge in [0.2, 0.25) is 35.4 Å². The molecule has 6 amide bonds. The smallest absolute Gasteiger partial charge is 0.246 e. The van der Waals surface area contributed by atoms with E-state index in [1.54, 1.807) is 19.1 Å². The van der Waals surface area contributed by atoms with Crippen LogP contribution in [0.25, 0.3) is 0 Å². The lowest BCUT2D eigenvalue weighted by molar-refractivity contribution is -0.150. The maximum atomic E-state index is 14.7. The van der Waals surface area contributed by atoms with E-state index < -0.39 is 52.1 Å². The number of unbranched alkanes of at least 4 members (excludes halogenated alkanes) is 4. The summed E-state index contributed by atoms with van der Waals surface area (Å²) in [5, 5.41) is 24.9. The number of imide groups is 1.